The third-order valence-corrected chi connectivity index (χ3v) is 8.73. The van der Waals surface area contributed by atoms with Crippen LogP contribution in [0.1, 0.15) is 76.8 Å². The molecule has 270 valence electrons. The summed E-state index contributed by atoms with van der Waals surface area (Å²) in [5, 5.41) is 20.9. The van der Waals surface area contributed by atoms with Gasteiger partial charge in [0, 0.05) is 51.3 Å². The molecule has 2 aliphatic rings. The van der Waals surface area contributed by atoms with Gasteiger partial charge in [0.05, 0.1) is 12.7 Å². The van der Waals surface area contributed by atoms with Gasteiger partial charge in [-0.15, -0.1) is 5.10 Å². The van der Waals surface area contributed by atoms with Gasteiger partial charge in [0.2, 0.25) is 18.3 Å². The molecule has 0 spiro atoms. The summed E-state index contributed by atoms with van der Waals surface area (Å²) in [6.45, 7) is 9.38. The number of hydrogen-bond donors (Lipinski definition) is 7. The molecule has 2 amide bonds. The minimum Gasteiger partial charge on any atom is -0.383 e. The second-order valence-corrected chi connectivity index (χ2v) is 13.8. The molecule has 0 aromatic carbocycles. The van der Waals surface area contributed by atoms with E-state index >= 15 is 0 Å². The summed E-state index contributed by atoms with van der Waals surface area (Å²) in [6, 6.07) is 2.53. The van der Waals surface area contributed by atoms with Crippen molar-refractivity contribution in [2.45, 2.75) is 90.3 Å². The van der Waals surface area contributed by atoms with Crippen LogP contribution in [0.2, 0.25) is 0 Å². The first-order valence-electron chi connectivity index (χ1n) is 17.1. The zero-order valence-corrected chi connectivity index (χ0v) is 29.1. The van der Waals surface area contributed by atoms with E-state index in [1.54, 1.807) is 6.07 Å². The molecule has 17 nitrogen and oxygen atoms in total. The molecular formula is C30H55N12O5P. The Balaban J connectivity index is 0.000000694. The lowest BCUT2D eigenvalue weighted by molar-refractivity contribution is -0.131. The molecule has 4 rings (SSSR count). The molecule has 18 heteroatoms. The van der Waals surface area contributed by atoms with Crippen LogP contribution in [-0.4, -0.2) is 110 Å². The maximum absolute atomic E-state index is 12.3. The molecule has 1 saturated carbocycles. The van der Waals surface area contributed by atoms with Gasteiger partial charge >= 0.3 is 7.60 Å². The highest BCUT2D eigenvalue weighted by Crippen LogP contribution is 2.31. The zero-order valence-electron chi connectivity index (χ0n) is 28.2. The maximum Gasteiger partial charge on any atom is 0.344 e. The quantitative estimate of drug-likeness (QED) is 0.0624. The number of rotatable bonds is 19. The van der Waals surface area contributed by atoms with E-state index in [-0.39, 0.29) is 12.3 Å². The predicted octanol–water partition coefficient (Wildman–Crippen LogP) is 1.26. The lowest BCUT2D eigenvalue weighted by atomic mass is 9.95. The van der Waals surface area contributed by atoms with E-state index in [9.17, 15) is 14.2 Å². The number of hydrogen-bond acceptors (Lipinski definition) is 12. The van der Waals surface area contributed by atoms with Gasteiger partial charge in [0.25, 0.3) is 0 Å². The number of nitrogens with zero attached hydrogens (tertiary/aromatic N) is 7. The number of aryl methyl sites for hydroxylation is 1. The van der Waals surface area contributed by atoms with E-state index in [1.165, 1.54) is 38.5 Å². The van der Waals surface area contributed by atoms with Crippen molar-refractivity contribution in [3.63, 3.8) is 0 Å². The molecule has 1 aliphatic carbocycles. The van der Waals surface area contributed by atoms with Crippen LogP contribution in [-0.2, 0) is 27.2 Å². The summed E-state index contributed by atoms with van der Waals surface area (Å²) in [5.41, 5.74) is 6.91. The van der Waals surface area contributed by atoms with E-state index in [2.05, 4.69) is 48.1 Å². The first-order chi connectivity index (χ1) is 23.2. The number of anilines is 3. The van der Waals surface area contributed by atoms with Crippen LogP contribution >= 0.6 is 7.60 Å². The van der Waals surface area contributed by atoms with Crippen LogP contribution in [0.15, 0.2) is 12.3 Å². The van der Waals surface area contributed by atoms with Crippen molar-refractivity contribution in [2.75, 3.05) is 68.0 Å². The first-order valence-corrected chi connectivity index (χ1v) is 18.9. The molecule has 0 radical (unpaired) electrons. The Morgan fingerprint density at radius 3 is 2.50 bits per heavy atom. The summed E-state index contributed by atoms with van der Waals surface area (Å²) < 4.78 is 11.7. The van der Waals surface area contributed by atoms with Crippen molar-refractivity contribution >= 4 is 37.5 Å². The van der Waals surface area contributed by atoms with Crippen LogP contribution in [0.5, 0.6) is 0 Å². The minimum atomic E-state index is -4.02. The summed E-state index contributed by atoms with van der Waals surface area (Å²) in [6.07, 6.45) is 13.3. The summed E-state index contributed by atoms with van der Waals surface area (Å²) in [7, 11) is -4.02. The average molecular weight is 695 g/mol. The molecule has 2 aromatic heterocycles. The second kappa shape index (κ2) is 21.6. The average Bonchev–Trinajstić information content (AvgIpc) is 3.54. The Morgan fingerprint density at radius 2 is 1.81 bits per heavy atom. The number of carbonyl (C=O) groups excluding carboxylic acids is 2. The Bertz CT molecular complexity index is 1260. The molecule has 3 heterocycles. The predicted molar refractivity (Wildman–Crippen MR) is 185 cm³/mol. The Hall–Kier alpha value is -3.37. The lowest BCUT2D eigenvalue weighted by Gasteiger charge is -2.35. The third-order valence-electron chi connectivity index (χ3n) is 8.14. The fourth-order valence-corrected chi connectivity index (χ4v) is 5.85. The minimum absolute atomic E-state index is 0.235. The monoisotopic (exact) mass is 694 g/mol. The molecule has 48 heavy (non-hydrogen) atoms. The van der Waals surface area contributed by atoms with Gasteiger partial charge in [-0.25, -0.2) is 0 Å². The van der Waals surface area contributed by atoms with Crippen LogP contribution in [0, 0.1) is 0 Å². The van der Waals surface area contributed by atoms with Gasteiger partial charge in [-0.2, -0.15) is 9.97 Å². The molecule has 8 N–H and O–H groups in total. The standard InChI is InChI=1S/C28H49N11O.C2H6NO4P/c1-2-3-11-27(40)38-18-16-37(17-19-38)26-20-25(29)33-28(34-26)32-21-24-22-39(36-35-24)15-8-13-30-12-7-14-31-23-9-5-4-6-10-23;4-1-3-2-8(5,6)7/h20,22-23,30-31H,2-19,21H2,1H3,(H3,29,32,33,34);1H,2H2,(H,3,4)(H2,5,6,7). The van der Waals surface area contributed by atoms with Gasteiger partial charge < -0.3 is 46.6 Å². The summed E-state index contributed by atoms with van der Waals surface area (Å²) in [4.78, 5) is 50.9. The van der Waals surface area contributed by atoms with E-state index in [1.807, 2.05) is 21.1 Å². The van der Waals surface area contributed by atoms with E-state index in [0.29, 0.717) is 37.8 Å². The van der Waals surface area contributed by atoms with Gasteiger partial charge in [0.15, 0.2) is 0 Å². The number of unbranched alkanes of at least 4 members (excludes halogenated alkanes) is 1. The molecule has 2 fully saturated rings. The number of piperazine rings is 1. The topological polar surface area (TPSA) is 229 Å². The molecule has 0 atom stereocenters. The number of amides is 2. The Labute approximate surface area is 283 Å². The summed E-state index contributed by atoms with van der Waals surface area (Å²) in [5.74, 6) is 1.90. The number of aromatic nitrogens is 5. The first kappa shape index (κ1) is 39.1. The fourth-order valence-electron chi connectivity index (χ4n) is 5.54. The van der Waals surface area contributed by atoms with Crippen molar-refractivity contribution < 1.29 is 23.9 Å². The molecule has 1 aliphatic heterocycles. The fraction of sp³-hybridized carbons (Fsp3) is 0.733. The van der Waals surface area contributed by atoms with Gasteiger partial charge in [-0.05, 0) is 51.7 Å². The highest BCUT2D eigenvalue weighted by atomic mass is 31.2. The van der Waals surface area contributed by atoms with E-state index < -0.39 is 13.9 Å². The van der Waals surface area contributed by atoms with Crippen molar-refractivity contribution in [3.8, 4) is 0 Å². The van der Waals surface area contributed by atoms with Crippen molar-refractivity contribution in [2.24, 2.45) is 0 Å². The SMILES string of the molecule is CCCCC(=O)N1CCN(c2cc(N)nc(NCc3cn(CCCNCCCNC4CCCCC4)nn3)n2)CC1.O=CNCP(=O)(O)O. The third kappa shape index (κ3) is 15.7. The zero-order chi connectivity index (χ0) is 34.6. The van der Waals surface area contributed by atoms with Crippen molar-refractivity contribution in [1.82, 2.24) is 45.8 Å². The lowest BCUT2D eigenvalue weighted by Crippen LogP contribution is -2.49. The highest BCUT2D eigenvalue weighted by molar-refractivity contribution is 7.51. The number of nitrogen functional groups attached to an aromatic ring is 1. The van der Waals surface area contributed by atoms with Crippen molar-refractivity contribution in [3.05, 3.63) is 18.0 Å². The largest absolute Gasteiger partial charge is 0.383 e. The molecule has 1 saturated heterocycles. The number of carbonyl (C=O) groups is 2. The molecule has 2 aromatic rings. The normalized spacial score (nSPS) is 15.5. The number of nitrogens with two attached hydrogens (primary N) is 1. The van der Waals surface area contributed by atoms with Crippen LogP contribution in [0.4, 0.5) is 17.6 Å². The Morgan fingerprint density at radius 1 is 1.06 bits per heavy atom. The van der Waals surface area contributed by atoms with Gasteiger partial charge in [-0.3, -0.25) is 18.8 Å². The van der Waals surface area contributed by atoms with E-state index in [4.69, 9.17) is 15.5 Å². The maximum atomic E-state index is 12.3. The molecule has 0 unspecified atom stereocenters. The van der Waals surface area contributed by atoms with Crippen LogP contribution < -0.4 is 31.9 Å². The van der Waals surface area contributed by atoms with Gasteiger partial charge in [0.1, 0.15) is 23.6 Å². The molecular weight excluding hydrogens is 639 g/mol. The second-order valence-electron chi connectivity index (χ2n) is 12.2. The highest BCUT2D eigenvalue weighted by Gasteiger charge is 2.22. The van der Waals surface area contributed by atoms with Crippen LogP contribution in [0.3, 0.4) is 0 Å². The molecule has 0 bridgehead atoms. The summed E-state index contributed by atoms with van der Waals surface area (Å²) >= 11 is 0. The number of nitrogens with one attached hydrogen (secondary N) is 4. The van der Waals surface area contributed by atoms with Crippen LogP contribution in [0.25, 0.3) is 0 Å². The van der Waals surface area contributed by atoms with Gasteiger partial charge in [-0.1, -0.05) is 37.8 Å². The Kier molecular flexibility index (Phi) is 17.6. The van der Waals surface area contributed by atoms with E-state index in [0.717, 1.165) is 76.1 Å². The smallest absolute Gasteiger partial charge is 0.344 e. The van der Waals surface area contributed by atoms with Crippen molar-refractivity contribution in [1.29, 1.82) is 0 Å².